The van der Waals surface area contributed by atoms with E-state index in [1.165, 1.54) is 6.26 Å². The zero-order valence-electron chi connectivity index (χ0n) is 30.5. The second-order valence-corrected chi connectivity index (χ2v) is 16.8. The molecule has 1 aliphatic carbocycles. The third-order valence-electron chi connectivity index (χ3n) is 10.6. The number of morpholine rings is 1. The van der Waals surface area contributed by atoms with Gasteiger partial charge in [-0.15, -0.1) is 0 Å². The highest BCUT2D eigenvalue weighted by Crippen LogP contribution is 2.29. The third-order valence-corrected chi connectivity index (χ3v) is 12.2. The summed E-state index contributed by atoms with van der Waals surface area (Å²) in [6.07, 6.45) is 6.93. The predicted molar refractivity (Wildman–Crippen MR) is 201 cm³/mol. The van der Waals surface area contributed by atoms with Crippen molar-refractivity contribution in [3.05, 3.63) is 72.2 Å². The standard InChI is InChI=1S/C40H57N3O8S/c1-2-3-18-35(40(47)42-36(24-29-11-5-4-6-12-29)38(45)37(44)26-43-19-22-50-23-20-43)41-39(46)32(27-52(48,49)28-33-16-10-21-51-33)25-31-15-9-14-30-13-7-8-17-34(30)31/h7-10,13-17,21,29,32,35-38,44-45H,2-6,11-12,18-20,22-28H2,1H3,(H,41,46)(H,42,47)/t32-,35+,36+,37+,38-/m1/s1. The number of aliphatic hydroxyl groups is 2. The molecular weight excluding hydrogens is 683 g/mol. The second kappa shape index (κ2) is 19.7. The molecule has 5 atom stereocenters. The number of benzene rings is 2. The van der Waals surface area contributed by atoms with Gasteiger partial charge in [-0.05, 0) is 53.6 Å². The van der Waals surface area contributed by atoms with Gasteiger partial charge in [0.15, 0.2) is 9.84 Å². The van der Waals surface area contributed by atoms with E-state index < -0.39 is 57.6 Å². The number of hydrogen-bond acceptors (Lipinski definition) is 9. The Morgan fingerprint density at radius 1 is 0.942 bits per heavy atom. The molecule has 12 heteroatoms. The van der Waals surface area contributed by atoms with Gasteiger partial charge in [-0.3, -0.25) is 14.5 Å². The Kier molecular flexibility index (Phi) is 15.1. The molecule has 2 aromatic carbocycles. The maximum Gasteiger partial charge on any atom is 0.242 e. The fraction of sp³-hybridized carbons (Fsp3) is 0.600. The van der Waals surface area contributed by atoms with Crippen LogP contribution in [-0.4, -0.2) is 98.2 Å². The van der Waals surface area contributed by atoms with Gasteiger partial charge in [0.1, 0.15) is 23.7 Å². The highest BCUT2D eigenvalue weighted by Gasteiger charge is 2.35. The van der Waals surface area contributed by atoms with Crippen LogP contribution in [-0.2, 0) is 36.3 Å². The van der Waals surface area contributed by atoms with Crippen molar-refractivity contribution in [2.24, 2.45) is 11.8 Å². The Morgan fingerprint density at radius 2 is 1.69 bits per heavy atom. The van der Waals surface area contributed by atoms with E-state index >= 15 is 0 Å². The number of rotatable bonds is 19. The number of β-amino-alcohol motifs (C(OH)–C–C–N with tert-alkyl or cyclic N) is 1. The number of nitrogens with zero attached hydrogens (tertiary/aromatic N) is 1. The van der Waals surface area contributed by atoms with E-state index in [2.05, 4.69) is 15.5 Å². The highest BCUT2D eigenvalue weighted by molar-refractivity contribution is 7.90. The lowest BCUT2D eigenvalue weighted by molar-refractivity contribution is -0.132. The van der Waals surface area contributed by atoms with Crippen molar-refractivity contribution in [2.75, 3.05) is 38.6 Å². The zero-order chi connectivity index (χ0) is 36.9. The van der Waals surface area contributed by atoms with Crippen LogP contribution >= 0.6 is 0 Å². The number of amides is 2. The summed E-state index contributed by atoms with van der Waals surface area (Å²) in [7, 11) is -3.79. The minimum atomic E-state index is -3.79. The van der Waals surface area contributed by atoms with Crippen molar-refractivity contribution in [3.63, 3.8) is 0 Å². The molecule has 4 N–H and O–H groups in total. The molecule has 1 aromatic heterocycles. The number of furan rings is 1. The summed E-state index contributed by atoms with van der Waals surface area (Å²) in [6, 6.07) is 15.1. The monoisotopic (exact) mass is 739 g/mol. The smallest absolute Gasteiger partial charge is 0.242 e. The molecule has 11 nitrogen and oxygen atoms in total. The van der Waals surface area contributed by atoms with Crippen LogP contribution in [0.2, 0.25) is 0 Å². The van der Waals surface area contributed by atoms with Gasteiger partial charge >= 0.3 is 0 Å². The number of carbonyl (C=O) groups is 2. The van der Waals surface area contributed by atoms with Crippen LogP contribution in [0.3, 0.4) is 0 Å². The normalized spacial score (nSPS) is 19.1. The van der Waals surface area contributed by atoms with E-state index in [4.69, 9.17) is 9.15 Å². The maximum absolute atomic E-state index is 14.2. The molecule has 1 saturated heterocycles. The molecule has 2 aliphatic rings. The molecular formula is C40H57N3O8S. The molecule has 0 unspecified atom stereocenters. The van der Waals surface area contributed by atoms with E-state index in [1.807, 2.05) is 49.4 Å². The van der Waals surface area contributed by atoms with Gasteiger partial charge in [-0.2, -0.15) is 0 Å². The van der Waals surface area contributed by atoms with E-state index in [9.17, 15) is 28.2 Å². The van der Waals surface area contributed by atoms with Gasteiger partial charge in [0.05, 0.1) is 43.3 Å². The van der Waals surface area contributed by atoms with Crippen LogP contribution in [0.1, 0.15) is 76.0 Å². The number of fused-ring (bicyclic) bond motifs is 1. The molecule has 2 amide bonds. The number of sulfone groups is 1. The molecule has 52 heavy (non-hydrogen) atoms. The molecule has 1 saturated carbocycles. The van der Waals surface area contributed by atoms with Crippen LogP contribution in [0, 0.1) is 11.8 Å². The molecule has 3 aromatic rings. The lowest BCUT2D eigenvalue weighted by atomic mass is 9.83. The van der Waals surface area contributed by atoms with Gasteiger partial charge < -0.3 is 30.0 Å². The van der Waals surface area contributed by atoms with Gasteiger partial charge in [-0.1, -0.05) is 94.3 Å². The van der Waals surface area contributed by atoms with Crippen LogP contribution in [0.25, 0.3) is 10.8 Å². The second-order valence-electron chi connectivity index (χ2n) is 14.7. The Morgan fingerprint density at radius 3 is 2.42 bits per heavy atom. The van der Waals surface area contributed by atoms with Crippen LogP contribution < -0.4 is 10.6 Å². The Bertz CT molecular complexity index is 1650. The lowest BCUT2D eigenvalue weighted by Gasteiger charge is -2.35. The molecule has 0 radical (unpaired) electrons. The molecule has 2 fully saturated rings. The van der Waals surface area contributed by atoms with Crippen molar-refractivity contribution < 1.29 is 37.4 Å². The van der Waals surface area contributed by atoms with Crippen LogP contribution in [0.15, 0.2) is 65.3 Å². The number of unbranched alkanes of at least 4 members (excludes halogenated alkanes) is 1. The summed E-state index contributed by atoms with van der Waals surface area (Å²) >= 11 is 0. The average Bonchev–Trinajstić information content (AvgIpc) is 3.65. The van der Waals surface area contributed by atoms with Gasteiger partial charge in [0.25, 0.3) is 0 Å². The van der Waals surface area contributed by atoms with E-state index in [1.54, 1.807) is 12.1 Å². The van der Waals surface area contributed by atoms with Crippen molar-refractivity contribution >= 4 is 32.4 Å². The molecule has 286 valence electrons. The summed E-state index contributed by atoms with van der Waals surface area (Å²) in [5, 5.41) is 30.6. The SMILES string of the molecule is CCCC[C@H](NC(=O)[C@H](Cc1cccc2ccccc12)CS(=O)(=O)Cc1ccco1)C(=O)N[C@@H](CC1CCCCC1)[C@@H](O)[C@@H](O)CN1CCOCC1. The van der Waals surface area contributed by atoms with Crippen LogP contribution in [0.4, 0.5) is 0 Å². The molecule has 0 spiro atoms. The van der Waals surface area contributed by atoms with Crippen molar-refractivity contribution in [1.82, 2.24) is 15.5 Å². The largest absolute Gasteiger partial charge is 0.468 e. The minimum absolute atomic E-state index is 0.156. The highest BCUT2D eigenvalue weighted by atomic mass is 32.2. The first-order valence-corrected chi connectivity index (χ1v) is 20.9. The molecule has 0 bridgehead atoms. The van der Waals surface area contributed by atoms with Crippen molar-refractivity contribution in [2.45, 2.75) is 101 Å². The van der Waals surface area contributed by atoms with E-state index in [-0.39, 0.29) is 18.7 Å². The summed E-state index contributed by atoms with van der Waals surface area (Å²) in [5.74, 6) is -2.12. The van der Waals surface area contributed by atoms with Gasteiger partial charge in [-0.25, -0.2) is 8.42 Å². The summed E-state index contributed by atoms with van der Waals surface area (Å²) in [4.78, 5) is 30.4. The molecule has 1 aliphatic heterocycles. The maximum atomic E-state index is 14.2. The van der Waals surface area contributed by atoms with Crippen molar-refractivity contribution in [1.29, 1.82) is 0 Å². The third kappa shape index (κ3) is 11.9. The number of ether oxygens (including phenoxy) is 1. The number of hydrogen-bond donors (Lipinski definition) is 4. The molecule has 2 heterocycles. The first-order valence-electron chi connectivity index (χ1n) is 19.1. The Hall–Kier alpha value is -3.29. The fourth-order valence-electron chi connectivity index (χ4n) is 7.68. The van der Waals surface area contributed by atoms with E-state index in [0.717, 1.165) is 54.9 Å². The first kappa shape index (κ1) is 39.9. The fourth-order valence-corrected chi connectivity index (χ4v) is 9.28. The first-order chi connectivity index (χ1) is 25.1. The Balaban J connectivity index is 1.35. The Labute approximate surface area is 308 Å². The minimum Gasteiger partial charge on any atom is -0.468 e. The number of nitrogens with one attached hydrogen (secondary N) is 2. The summed E-state index contributed by atoms with van der Waals surface area (Å²) in [6.45, 7) is 4.71. The van der Waals surface area contributed by atoms with Crippen LogP contribution in [0.5, 0.6) is 0 Å². The predicted octanol–water partition coefficient (Wildman–Crippen LogP) is 4.39. The van der Waals surface area contributed by atoms with Crippen molar-refractivity contribution in [3.8, 4) is 0 Å². The van der Waals surface area contributed by atoms with Gasteiger partial charge in [0.2, 0.25) is 11.8 Å². The lowest BCUT2D eigenvalue weighted by Crippen LogP contribution is -2.57. The quantitative estimate of drug-likeness (QED) is 0.140. The average molecular weight is 740 g/mol. The van der Waals surface area contributed by atoms with Gasteiger partial charge in [0, 0.05) is 19.6 Å². The van der Waals surface area contributed by atoms with E-state index in [0.29, 0.717) is 57.2 Å². The number of aliphatic hydroxyl groups excluding tert-OH is 2. The zero-order valence-corrected chi connectivity index (χ0v) is 31.3. The summed E-state index contributed by atoms with van der Waals surface area (Å²) in [5.41, 5.74) is 0.839. The molecule has 5 rings (SSSR count). The topological polar surface area (TPSA) is 158 Å². The number of carbonyl (C=O) groups excluding carboxylic acids is 2. The summed E-state index contributed by atoms with van der Waals surface area (Å²) < 4.78 is 37.7.